The van der Waals surface area contributed by atoms with Gasteiger partial charge in [-0.25, -0.2) is 44.3 Å². The molecule has 37 heteroatoms. The maximum absolute atomic E-state index is 14.9. The molecule has 12 heterocycles. The third kappa shape index (κ3) is 27.0. The summed E-state index contributed by atoms with van der Waals surface area (Å²) in [5.74, 6) is 7.83. The molecular formula is C104H118Cl2FN17O17. The number of aliphatic hydroxyl groups is 3. The Bertz CT molecular complexity index is 6260. The third-order valence-corrected chi connectivity index (χ3v) is 24.9. The summed E-state index contributed by atoms with van der Waals surface area (Å²) in [6.45, 7) is 20.6. The molecule has 8 aromatic heterocycles. The lowest BCUT2D eigenvalue weighted by atomic mass is 9.97. The van der Waals surface area contributed by atoms with Crippen molar-refractivity contribution in [2.24, 2.45) is 23.7 Å². The van der Waals surface area contributed by atoms with Gasteiger partial charge in [-0.2, -0.15) is 0 Å². The van der Waals surface area contributed by atoms with Gasteiger partial charge in [0.1, 0.15) is 75.3 Å². The summed E-state index contributed by atoms with van der Waals surface area (Å²) in [5, 5.41) is 62.4. The SMILES string of the molecule is C=CC(=O)C[C@H]1COC[C@H]1Nc1cc2c(NCCN(C)C)nc(-c3cc(OC)cc(OC)c3Cl)cc2cn1.C=CC(=O)C[C@H]1COC[C@H]1Nc1cc2c(NCCO)nc(-c3cc(OC)cc(OC)c3)cc2cn1.C=CC(=O)C[C@H]1COC[C@H]1Nc1cc2c(NCCO)nc(-c3cccc(OC)c3Cl)cc2cn1.C=CC(=O)C[C@H]1COC[C@H]1Nc1cc2c(NCCO)nc(-c3cccc(OC)c3F)cc2cn1. The lowest BCUT2D eigenvalue weighted by Crippen LogP contribution is -2.29. The van der Waals surface area contributed by atoms with Crippen LogP contribution in [0.15, 0.2) is 191 Å². The molecule has 4 aliphatic rings. The summed E-state index contributed by atoms with van der Waals surface area (Å²) in [6.07, 6.45) is 13.9. The molecule has 0 amide bonds. The molecule has 11 N–H and O–H groups in total. The van der Waals surface area contributed by atoms with E-state index in [4.69, 9.17) is 85.5 Å². The number of methoxy groups -OCH3 is 6. The first-order chi connectivity index (χ1) is 68.4. The van der Waals surface area contributed by atoms with E-state index in [9.17, 15) is 38.9 Å². The molecule has 742 valence electrons. The lowest BCUT2D eigenvalue weighted by Gasteiger charge is -2.20. The number of ketones is 4. The molecule has 4 aliphatic heterocycles. The monoisotopic (exact) mass is 1970 g/mol. The molecule has 0 aliphatic carbocycles. The van der Waals surface area contributed by atoms with E-state index in [0.29, 0.717) is 217 Å². The molecule has 0 radical (unpaired) electrons. The van der Waals surface area contributed by atoms with E-state index in [-0.39, 0.29) is 103 Å². The number of rotatable bonds is 43. The summed E-state index contributed by atoms with van der Waals surface area (Å²) in [4.78, 5) is 87.1. The quantitative estimate of drug-likeness (QED) is 0.0158. The van der Waals surface area contributed by atoms with Gasteiger partial charge in [0, 0.05) is 184 Å². The fourth-order valence-corrected chi connectivity index (χ4v) is 17.2. The van der Waals surface area contributed by atoms with Gasteiger partial charge in [-0.1, -0.05) is 67.7 Å². The Kier molecular flexibility index (Phi) is 37.7. The number of nitrogens with one attached hydrogen (secondary N) is 8. The van der Waals surface area contributed by atoms with Gasteiger partial charge in [0.25, 0.3) is 0 Å². The normalized spacial score (nSPS) is 17.3. The smallest absolute Gasteiger partial charge is 0.174 e. The zero-order valence-electron chi connectivity index (χ0n) is 79.9. The highest BCUT2D eigenvalue weighted by Crippen LogP contribution is 2.44. The Balaban J connectivity index is 0.000000158. The minimum absolute atomic E-state index is 0.000151. The van der Waals surface area contributed by atoms with Crippen LogP contribution in [0.1, 0.15) is 25.7 Å². The van der Waals surface area contributed by atoms with E-state index < -0.39 is 5.82 Å². The van der Waals surface area contributed by atoms with E-state index in [1.54, 1.807) is 96.6 Å². The fourth-order valence-electron chi connectivity index (χ4n) is 16.6. The molecular weight excluding hydrogens is 1850 g/mol. The standard InChI is InChI=1S/C28H34ClN5O4.C26H30N4O5.C25H27ClN4O4.C25H27FN4O4/c1-6-19(35)9-18-15-38-16-24(18)32-26-13-21-17(14-31-26)10-23(33-28(21)30-7-8-34(2)3)22-11-20(36-4)12-25(37-5)27(22)29;1-4-19(32)7-18-14-35-15-24(18)29-25-12-22-17(13-28-25)10-23(30-26(22)27-5-6-31)16-8-20(33-2)11-21(9-16)34-3;2*1-3-17(32)9-16-13-34-14-21(16)29-23-11-19-15(12-28-23)10-20(30-25(19)27-7-8-31)18-5-4-6-22(33-2)24(18)26/h6,10-14,18,24H,1,7-9,15-16H2,2-5H3,(H,30,33)(H,31,32);4,8-13,18,24,31H,1,5-7,14-15H2,2-3H3,(H,27,30)(H,28,29);2*3-6,10-12,16,21,31H,1,7-9,13-14H2,2H3,(H,27,30)(H,28,29)/t2*18-,24+;2*16-,21+/m0000/s1. The van der Waals surface area contributed by atoms with Crippen molar-refractivity contribution in [1.82, 2.24) is 44.8 Å². The molecule has 4 saturated heterocycles. The van der Waals surface area contributed by atoms with Crippen LogP contribution >= 0.6 is 23.2 Å². The van der Waals surface area contributed by atoms with Crippen molar-refractivity contribution in [3.8, 4) is 79.5 Å². The summed E-state index contributed by atoms with van der Waals surface area (Å²) in [5.41, 5.74) is 5.01. The van der Waals surface area contributed by atoms with Crippen LogP contribution in [-0.2, 0) is 38.1 Å². The van der Waals surface area contributed by atoms with Crippen molar-refractivity contribution in [2.75, 3.05) is 205 Å². The molecule has 4 aromatic carbocycles. The lowest BCUT2D eigenvalue weighted by molar-refractivity contribution is -0.116. The van der Waals surface area contributed by atoms with Gasteiger partial charge in [0.05, 0.1) is 172 Å². The van der Waals surface area contributed by atoms with Gasteiger partial charge in [0.15, 0.2) is 34.7 Å². The molecule has 0 unspecified atom stereocenters. The van der Waals surface area contributed by atoms with Crippen molar-refractivity contribution in [3.63, 3.8) is 0 Å². The molecule has 34 nitrogen and oxygen atoms in total. The van der Waals surface area contributed by atoms with Crippen molar-refractivity contribution in [1.29, 1.82) is 0 Å². The number of allylic oxidation sites excluding steroid dienone is 4. The number of carbonyl (C=O) groups is 4. The predicted molar refractivity (Wildman–Crippen MR) is 549 cm³/mol. The summed E-state index contributed by atoms with van der Waals surface area (Å²) in [7, 11) is 13.4. The van der Waals surface area contributed by atoms with Crippen molar-refractivity contribution in [2.45, 2.75) is 49.9 Å². The Hall–Kier alpha value is -13.9. The first kappa shape index (κ1) is 105. The van der Waals surface area contributed by atoms with Gasteiger partial charge in [-0.05, 0) is 123 Å². The minimum atomic E-state index is -0.502. The second-order valence-electron chi connectivity index (χ2n) is 33.9. The number of benzene rings is 4. The number of hydrogen-bond acceptors (Lipinski definition) is 34. The maximum atomic E-state index is 14.9. The van der Waals surface area contributed by atoms with Crippen molar-refractivity contribution in [3.05, 3.63) is 207 Å². The number of carbonyl (C=O) groups excluding carboxylic acids is 4. The number of halogens is 3. The highest BCUT2D eigenvalue weighted by atomic mass is 35.5. The number of fused-ring (bicyclic) bond motifs is 4. The fraction of sp³-hybridized carbons (Fsp3) is 0.346. The van der Waals surface area contributed by atoms with Crippen molar-refractivity contribution >= 4 is 136 Å². The molecule has 141 heavy (non-hydrogen) atoms. The average Bonchev–Trinajstić information content (AvgIpc) is 1.58. The maximum Gasteiger partial charge on any atom is 0.174 e. The van der Waals surface area contributed by atoms with Gasteiger partial charge in [-0.3, -0.25) is 19.2 Å². The molecule has 0 saturated carbocycles. The first-order valence-electron chi connectivity index (χ1n) is 45.9. The van der Waals surface area contributed by atoms with E-state index in [1.165, 1.54) is 31.4 Å². The van der Waals surface area contributed by atoms with Gasteiger partial charge < -0.3 is 110 Å². The first-order valence-corrected chi connectivity index (χ1v) is 46.6. The molecule has 12 aromatic rings. The second kappa shape index (κ2) is 50.8. The summed E-state index contributed by atoms with van der Waals surface area (Å²) >= 11 is 13.2. The minimum Gasteiger partial charge on any atom is -0.497 e. The number of anilines is 8. The van der Waals surface area contributed by atoms with E-state index in [1.807, 2.05) is 93.1 Å². The molecule has 4 fully saturated rings. The molecule has 16 rings (SSSR count). The summed E-state index contributed by atoms with van der Waals surface area (Å²) in [6, 6.07) is 34.6. The number of pyridine rings is 8. The van der Waals surface area contributed by atoms with E-state index in [0.717, 1.165) is 60.8 Å². The van der Waals surface area contributed by atoms with E-state index >= 15 is 0 Å². The third-order valence-electron chi connectivity index (χ3n) is 24.1. The topological polar surface area (TPSA) is 424 Å². The number of nitrogens with zero attached hydrogens (tertiary/aromatic N) is 9. The number of hydrogen-bond donors (Lipinski definition) is 11. The van der Waals surface area contributed by atoms with Crippen LogP contribution < -0.4 is 71.0 Å². The van der Waals surface area contributed by atoms with Gasteiger partial charge in [-0.15, -0.1) is 0 Å². The number of likely N-dealkylation sites (N-methyl/N-ethyl adjacent to an activating group) is 1. The zero-order valence-corrected chi connectivity index (χ0v) is 81.4. The van der Waals surface area contributed by atoms with Crippen LogP contribution in [0.25, 0.3) is 88.1 Å². The van der Waals surface area contributed by atoms with Crippen LogP contribution in [0.3, 0.4) is 0 Å². The van der Waals surface area contributed by atoms with E-state index in [2.05, 4.69) is 98.7 Å². The molecule has 0 bridgehead atoms. The number of aromatic nitrogens is 8. The Morgan fingerprint density at radius 3 is 1.06 bits per heavy atom. The van der Waals surface area contributed by atoms with Gasteiger partial charge >= 0.3 is 0 Å². The summed E-state index contributed by atoms with van der Waals surface area (Å²) < 4.78 is 69.5. The largest absolute Gasteiger partial charge is 0.497 e. The van der Waals surface area contributed by atoms with Crippen molar-refractivity contribution < 1.29 is 86.3 Å². The number of aliphatic hydroxyl groups excluding tert-OH is 3. The Labute approximate surface area is 826 Å². The highest BCUT2D eigenvalue weighted by molar-refractivity contribution is 6.35. The van der Waals surface area contributed by atoms with Crippen LogP contribution in [-0.4, -0.2) is 270 Å². The molecule has 0 spiro atoms. The van der Waals surface area contributed by atoms with Crippen LogP contribution in [0, 0.1) is 29.5 Å². The predicted octanol–water partition coefficient (Wildman–Crippen LogP) is 15.2. The zero-order chi connectivity index (χ0) is 100. The number of ether oxygens (including phenoxy) is 10. The molecule has 8 atom stereocenters. The van der Waals surface area contributed by atoms with Crippen LogP contribution in [0.4, 0.5) is 50.9 Å². The highest BCUT2D eigenvalue weighted by Gasteiger charge is 2.35. The van der Waals surface area contributed by atoms with Crippen LogP contribution in [0.5, 0.6) is 34.5 Å². The Morgan fingerprint density at radius 1 is 0.397 bits per heavy atom. The second-order valence-corrected chi connectivity index (χ2v) is 34.7. The van der Waals surface area contributed by atoms with Crippen LogP contribution in [0.2, 0.25) is 10.0 Å². The average molecular weight is 1970 g/mol. The Morgan fingerprint density at radius 2 is 0.716 bits per heavy atom. The van der Waals surface area contributed by atoms with Gasteiger partial charge in [0.2, 0.25) is 0 Å².